The first-order valence-electron chi connectivity index (χ1n) is 6.05. The van der Waals surface area contributed by atoms with Gasteiger partial charge in [-0.05, 0) is 36.8 Å². The molecule has 1 atom stereocenters. The van der Waals surface area contributed by atoms with Crippen LogP contribution in [0.3, 0.4) is 0 Å². The quantitative estimate of drug-likeness (QED) is 0.913. The number of benzene rings is 1. The number of rotatable bonds is 4. The predicted molar refractivity (Wildman–Crippen MR) is 83.5 cm³/mol. The van der Waals surface area contributed by atoms with Crippen LogP contribution >= 0.6 is 15.9 Å². The molecule has 2 aromatic rings. The van der Waals surface area contributed by atoms with Crippen molar-refractivity contribution in [3.8, 4) is 0 Å². The zero-order valence-electron chi connectivity index (χ0n) is 11.2. The Balaban J connectivity index is 2.28. The molecule has 0 aliphatic rings. The number of sulfone groups is 1. The molecule has 6 heteroatoms. The molecule has 1 unspecified atom stereocenters. The lowest BCUT2D eigenvalue weighted by atomic mass is 10.1. The van der Waals surface area contributed by atoms with Gasteiger partial charge in [-0.25, -0.2) is 13.4 Å². The summed E-state index contributed by atoms with van der Waals surface area (Å²) < 4.78 is 24.5. The van der Waals surface area contributed by atoms with Crippen LogP contribution in [0.25, 0.3) is 0 Å². The standard InChI is InChI=1S/C14H15BrN2O2S/c1-10(11-5-7-12(15)8-6-11)17-14-13(20(2,18)19)4-3-9-16-14/h3-10H,1-2H3,(H,16,17). The van der Waals surface area contributed by atoms with Crippen molar-refractivity contribution in [3.63, 3.8) is 0 Å². The second-order valence-corrected chi connectivity index (χ2v) is 7.44. The highest BCUT2D eigenvalue weighted by Gasteiger charge is 2.16. The van der Waals surface area contributed by atoms with Gasteiger partial charge in [-0.15, -0.1) is 0 Å². The van der Waals surface area contributed by atoms with Gasteiger partial charge in [0.15, 0.2) is 9.84 Å². The molecule has 1 heterocycles. The third kappa shape index (κ3) is 3.58. The Morgan fingerprint density at radius 2 is 1.85 bits per heavy atom. The van der Waals surface area contributed by atoms with E-state index >= 15 is 0 Å². The number of halogens is 1. The highest BCUT2D eigenvalue weighted by atomic mass is 79.9. The van der Waals surface area contributed by atoms with Gasteiger partial charge in [-0.2, -0.15) is 0 Å². The van der Waals surface area contributed by atoms with Crippen molar-refractivity contribution in [3.05, 3.63) is 52.6 Å². The Hall–Kier alpha value is -1.40. The third-order valence-corrected chi connectivity index (χ3v) is 4.55. The molecule has 1 aromatic carbocycles. The van der Waals surface area contributed by atoms with Crippen molar-refractivity contribution in [2.75, 3.05) is 11.6 Å². The van der Waals surface area contributed by atoms with Crippen molar-refractivity contribution in [2.45, 2.75) is 17.9 Å². The zero-order chi connectivity index (χ0) is 14.8. The summed E-state index contributed by atoms with van der Waals surface area (Å²) in [5.74, 6) is 0.380. The summed E-state index contributed by atoms with van der Waals surface area (Å²) in [4.78, 5) is 4.34. The number of hydrogen-bond donors (Lipinski definition) is 1. The molecule has 0 fully saturated rings. The van der Waals surface area contributed by atoms with Crippen LogP contribution in [0.1, 0.15) is 18.5 Å². The minimum Gasteiger partial charge on any atom is -0.362 e. The van der Waals surface area contributed by atoms with Crippen LogP contribution in [0.5, 0.6) is 0 Å². The molecule has 0 saturated heterocycles. The van der Waals surface area contributed by atoms with E-state index in [-0.39, 0.29) is 10.9 Å². The Morgan fingerprint density at radius 1 is 1.20 bits per heavy atom. The van der Waals surface area contributed by atoms with Crippen LogP contribution < -0.4 is 5.32 Å². The minimum atomic E-state index is -3.30. The maximum absolute atomic E-state index is 11.7. The molecule has 106 valence electrons. The molecule has 0 saturated carbocycles. The second kappa shape index (κ2) is 5.93. The monoisotopic (exact) mass is 354 g/mol. The highest BCUT2D eigenvalue weighted by Crippen LogP contribution is 2.24. The summed E-state index contributed by atoms with van der Waals surface area (Å²) >= 11 is 3.39. The number of pyridine rings is 1. The Labute approximate surface area is 127 Å². The molecular weight excluding hydrogens is 340 g/mol. The predicted octanol–water partition coefficient (Wildman–Crippen LogP) is 3.42. The lowest BCUT2D eigenvalue weighted by Gasteiger charge is -2.17. The van der Waals surface area contributed by atoms with Crippen LogP contribution in [0.15, 0.2) is 52.0 Å². The summed E-state index contributed by atoms with van der Waals surface area (Å²) in [6.45, 7) is 1.96. The Kier molecular flexibility index (Phi) is 4.45. The van der Waals surface area contributed by atoms with Crippen LogP contribution in [0, 0.1) is 0 Å². The van der Waals surface area contributed by atoms with E-state index in [9.17, 15) is 8.42 Å². The largest absolute Gasteiger partial charge is 0.362 e. The fourth-order valence-corrected chi connectivity index (χ4v) is 2.89. The van der Waals surface area contributed by atoms with Gasteiger partial charge in [0.1, 0.15) is 10.7 Å². The SMILES string of the molecule is CC(Nc1ncccc1S(C)(=O)=O)c1ccc(Br)cc1. The Morgan fingerprint density at radius 3 is 2.45 bits per heavy atom. The number of anilines is 1. The number of nitrogens with one attached hydrogen (secondary N) is 1. The number of aromatic nitrogens is 1. The van der Waals surface area contributed by atoms with Crippen molar-refractivity contribution in [2.24, 2.45) is 0 Å². The van der Waals surface area contributed by atoms with Crippen molar-refractivity contribution in [1.29, 1.82) is 0 Å². The van der Waals surface area contributed by atoms with Crippen molar-refractivity contribution < 1.29 is 8.42 Å². The number of nitrogens with zero attached hydrogens (tertiary/aromatic N) is 1. The van der Waals surface area contributed by atoms with E-state index in [1.807, 2.05) is 31.2 Å². The van der Waals surface area contributed by atoms with Gasteiger partial charge >= 0.3 is 0 Å². The van der Waals surface area contributed by atoms with E-state index in [0.717, 1.165) is 10.0 Å². The van der Waals surface area contributed by atoms with Crippen LogP contribution in [0.4, 0.5) is 5.82 Å². The lowest BCUT2D eigenvalue weighted by Crippen LogP contribution is -2.11. The molecule has 0 radical (unpaired) electrons. The molecule has 0 aliphatic heterocycles. The fourth-order valence-electron chi connectivity index (χ4n) is 1.84. The molecular formula is C14H15BrN2O2S. The molecule has 2 rings (SSSR count). The fraction of sp³-hybridized carbons (Fsp3) is 0.214. The summed E-state index contributed by atoms with van der Waals surface area (Å²) in [7, 11) is -3.30. The second-order valence-electron chi connectivity index (χ2n) is 4.54. The van der Waals surface area contributed by atoms with Crippen molar-refractivity contribution in [1.82, 2.24) is 4.98 Å². The molecule has 20 heavy (non-hydrogen) atoms. The molecule has 0 amide bonds. The normalized spacial score (nSPS) is 12.9. The molecule has 0 spiro atoms. The molecule has 0 bridgehead atoms. The first-order chi connectivity index (χ1) is 9.38. The van der Waals surface area contributed by atoms with E-state index in [2.05, 4.69) is 26.2 Å². The molecule has 0 aliphatic carbocycles. The van der Waals surface area contributed by atoms with Gasteiger partial charge in [0.25, 0.3) is 0 Å². The minimum absolute atomic E-state index is 0.0431. The van der Waals surface area contributed by atoms with Gasteiger partial charge in [0.05, 0.1) is 0 Å². The zero-order valence-corrected chi connectivity index (χ0v) is 13.6. The molecule has 1 aromatic heterocycles. The maximum atomic E-state index is 11.7. The summed E-state index contributed by atoms with van der Waals surface area (Å²) in [6.07, 6.45) is 2.75. The van der Waals surface area contributed by atoms with Crippen LogP contribution in [-0.4, -0.2) is 19.7 Å². The Bertz CT molecular complexity index is 699. The van der Waals surface area contributed by atoms with Crippen LogP contribution in [0.2, 0.25) is 0 Å². The van der Waals surface area contributed by atoms with E-state index in [1.54, 1.807) is 18.3 Å². The van der Waals surface area contributed by atoms with Gasteiger partial charge in [-0.3, -0.25) is 0 Å². The smallest absolute Gasteiger partial charge is 0.179 e. The van der Waals surface area contributed by atoms with E-state index in [0.29, 0.717) is 5.82 Å². The van der Waals surface area contributed by atoms with E-state index in [4.69, 9.17) is 0 Å². The van der Waals surface area contributed by atoms with E-state index in [1.165, 1.54) is 6.26 Å². The summed E-state index contributed by atoms with van der Waals surface area (Å²) in [5.41, 5.74) is 1.05. The summed E-state index contributed by atoms with van der Waals surface area (Å²) in [6, 6.07) is 11.0. The average molecular weight is 355 g/mol. The van der Waals surface area contributed by atoms with Gasteiger partial charge in [-0.1, -0.05) is 28.1 Å². The van der Waals surface area contributed by atoms with Crippen molar-refractivity contribution >= 4 is 31.6 Å². The van der Waals surface area contributed by atoms with Gasteiger partial charge in [0, 0.05) is 23.0 Å². The summed E-state index contributed by atoms with van der Waals surface area (Å²) in [5, 5.41) is 3.15. The first kappa shape index (κ1) is 15.0. The first-order valence-corrected chi connectivity index (χ1v) is 8.73. The highest BCUT2D eigenvalue weighted by molar-refractivity contribution is 9.10. The molecule has 4 nitrogen and oxygen atoms in total. The maximum Gasteiger partial charge on any atom is 0.179 e. The topological polar surface area (TPSA) is 59.1 Å². The lowest BCUT2D eigenvalue weighted by molar-refractivity contribution is 0.601. The average Bonchev–Trinajstić information content (AvgIpc) is 2.38. The van der Waals surface area contributed by atoms with Gasteiger partial charge in [0.2, 0.25) is 0 Å². The van der Waals surface area contributed by atoms with Crippen LogP contribution in [-0.2, 0) is 9.84 Å². The number of hydrogen-bond acceptors (Lipinski definition) is 4. The van der Waals surface area contributed by atoms with E-state index < -0.39 is 9.84 Å². The molecule has 1 N–H and O–H groups in total. The van der Waals surface area contributed by atoms with Gasteiger partial charge < -0.3 is 5.32 Å². The third-order valence-electron chi connectivity index (χ3n) is 2.89.